The summed E-state index contributed by atoms with van der Waals surface area (Å²) in [6, 6.07) is 3.87. The number of aromatic nitrogens is 2. The van der Waals surface area contributed by atoms with Crippen molar-refractivity contribution < 1.29 is 14.0 Å². The molecule has 0 atom stereocenters. The molecule has 7 heteroatoms. The smallest absolute Gasteiger partial charge is 0.297 e. The Hall–Kier alpha value is -2.34. The van der Waals surface area contributed by atoms with E-state index in [0.29, 0.717) is 5.82 Å². The van der Waals surface area contributed by atoms with Gasteiger partial charge in [-0.05, 0) is 18.2 Å². The number of hydrogen-bond acceptors (Lipinski definition) is 4. The minimum absolute atomic E-state index is 0.000510. The van der Waals surface area contributed by atoms with Gasteiger partial charge in [-0.2, -0.15) is 0 Å². The average Bonchev–Trinajstić information content (AvgIpc) is 2.66. The summed E-state index contributed by atoms with van der Waals surface area (Å²) in [5.41, 5.74) is 0.284. The zero-order valence-electron chi connectivity index (χ0n) is 10.0. The van der Waals surface area contributed by atoms with Gasteiger partial charge in [0.05, 0.1) is 22.8 Å². The number of hydrogen-bond donors (Lipinski definition) is 0. The van der Waals surface area contributed by atoms with E-state index in [9.17, 15) is 14.0 Å². The fourth-order valence-corrected chi connectivity index (χ4v) is 2.16. The SMILES string of the molecule is O=C1C(=O)N(Cc2ncccn2)c2cc(F)c(Cl)cc21. The fourth-order valence-electron chi connectivity index (χ4n) is 2.00. The summed E-state index contributed by atoms with van der Waals surface area (Å²) in [6.45, 7) is -0.000510. The lowest BCUT2D eigenvalue weighted by molar-refractivity contribution is -0.114. The molecule has 2 aromatic rings. The van der Waals surface area contributed by atoms with Crippen molar-refractivity contribution in [3.63, 3.8) is 0 Å². The molecule has 5 nitrogen and oxygen atoms in total. The fraction of sp³-hybridized carbons (Fsp3) is 0.0769. The van der Waals surface area contributed by atoms with E-state index in [-0.39, 0.29) is 22.8 Å². The third kappa shape index (κ3) is 1.94. The molecule has 20 heavy (non-hydrogen) atoms. The van der Waals surface area contributed by atoms with Crippen molar-refractivity contribution in [3.05, 3.63) is 52.8 Å². The molecule has 0 saturated carbocycles. The third-order valence-electron chi connectivity index (χ3n) is 2.93. The Bertz CT molecular complexity index is 721. The summed E-state index contributed by atoms with van der Waals surface area (Å²) in [5.74, 6) is -1.78. The van der Waals surface area contributed by atoms with Crippen LogP contribution in [0.2, 0.25) is 5.02 Å². The molecule has 1 amide bonds. The lowest BCUT2D eigenvalue weighted by Crippen LogP contribution is -2.29. The van der Waals surface area contributed by atoms with Gasteiger partial charge in [0, 0.05) is 12.4 Å². The second-order valence-electron chi connectivity index (χ2n) is 4.17. The van der Waals surface area contributed by atoms with E-state index in [2.05, 4.69) is 9.97 Å². The molecule has 1 aliphatic heterocycles. The van der Waals surface area contributed by atoms with Gasteiger partial charge in [-0.15, -0.1) is 0 Å². The van der Waals surface area contributed by atoms with Gasteiger partial charge < -0.3 is 0 Å². The standard InChI is InChI=1S/C13H7ClFN3O2/c14-8-4-7-10(5-9(8)15)18(13(20)12(7)19)6-11-16-2-1-3-17-11/h1-5H,6H2. The summed E-state index contributed by atoms with van der Waals surface area (Å²) < 4.78 is 13.5. The van der Waals surface area contributed by atoms with Gasteiger partial charge in [0.15, 0.2) is 0 Å². The lowest BCUT2D eigenvalue weighted by Gasteiger charge is -2.15. The number of benzene rings is 1. The van der Waals surface area contributed by atoms with Crippen LogP contribution >= 0.6 is 11.6 Å². The van der Waals surface area contributed by atoms with Crippen molar-refractivity contribution in [2.45, 2.75) is 6.54 Å². The molecule has 0 saturated heterocycles. The lowest BCUT2D eigenvalue weighted by atomic mass is 10.1. The number of fused-ring (bicyclic) bond motifs is 1. The monoisotopic (exact) mass is 291 g/mol. The Morgan fingerprint density at radius 3 is 2.60 bits per heavy atom. The van der Waals surface area contributed by atoms with E-state index in [4.69, 9.17) is 11.6 Å². The highest BCUT2D eigenvalue weighted by Gasteiger charge is 2.37. The molecule has 2 heterocycles. The average molecular weight is 292 g/mol. The molecule has 1 aliphatic rings. The van der Waals surface area contributed by atoms with E-state index >= 15 is 0 Å². The number of carbonyl (C=O) groups excluding carboxylic acids is 2. The summed E-state index contributed by atoms with van der Waals surface area (Å²) in [5, 5.41) is -0.192. The highest BCUT2D eigenvalue weighted by atomic mass is 35.5. The second-order valence-corrected chi connectivity index (χ2v) is 4.58. The van der Waals surface area contributed by atoms with Crippen molar-refractivity contribution >= 4 is 29.0 Å². The van der Waals surface area contributed by atoms with E-state index in [0.717, 1.165) is 17.0 Å². The largest absolute Gasteiger partial charge is 0.299 e. The Balaban J connectivity index is 2.04. The Labute approximate surface area is 118 Å². The molecule has 0 spiro atoms. The van der Waals surface area contributed by atoms with Crippen molar-refractivity contribution in [1.82, 2.24) is 9.97 Å². The Morgan fingerprint density at radius 1 is 1.20 bits per heavy atom. The molecule has 0 radical (unpaired) electrons. The first kappa shape index (κ1) is 12.7. The number of anilines is 1. The minimum Gasteiger partial charge on any atom is -0.297 e. The summed E-state index contributed by atoms with van der Waals surface area (Å²) in [6.07, 6.45) is 3.04. The quantitative estimate of drug-likeness (QED) is 0.794. The first-order valence-corrected chi connectivity index (χ1v) is 6.07. The zero-order valence-corrected chi connectivity index (χ0v) is 10.8. The van der Waals surface area contributed by atoms with Crippen LogP contribution < -0.4 is 4.90 Å². The predicted molar refractivity (Wildman–Crippen MR) is 69.0 cm³/mol. The van der Waals surface area contributed by atoms with E-state index in [1.165, 1.54) is 12.4 Å². The van der Waals surface area contributed by atoms with Gasteiger partial charge in [-0.25, -0.2) is 14.4 Å². The van der Waals surface area contributed by atoms with Crippen molar-refractivity contribution in [3.8, 4) is 0 Å². The molecular formula is C13H7ClFN3O2. The van der Waals surface area contributed by atoms with E-state index in [1.54, 1.807) is 6.07 Å². The first-order valence-electron chi connectivity index (χ1n) is 5.69. The number of carbonyl (C=O) groups is 2. The van der Waals surface area contributed by atoms with Crippen LogP contribution in [0.15, 0.2) is 30.6 Å². The normalized spacial score (nSPS) is 13.8. The van der Waals surface area contributed by atoms with Gasteiger partial charge >= 0.3 is 0 Å². The maximum Gasteiger partial charge on any atom is 0.299 e. The van der Waals surface area contributed by atoms with Crippen LogP contribution in [0, 0.1) is 5.82 Å². The molecule has 100 valence electrons. The zero-order chi connectivity index (χ0) is 14.3. The molecule has 0 bridgehead atoms. The maximum absolute atomic E-state index is 13.5. The highest BCUT2D eigenvalue weighted by Crippen LogP contribution is 2.33. The van der Waals surface area contributed by atoms with Crippen LogP contribution in [0.5, 0.6) is 0 Å². The number of amides is 1. The van der Waals surface area contributed by atoms with Crippen LogP contribution in [0.1, 0.15) is 16.2 Å². The van der Waals surface area contributed by atoms with Crippen LogP contribution in [0.3, 0.4) is 0 Å². The number of rotatable bonds is 2. The molecule has 0 unspecified atom stereocenters. The predicted octanol–water partition coefficient (Wildman–Crippen LogP) is 2.00. The minimum atomic E-state index is -0.742. The molecule has 3 rings (SSSR count). The van der Waals surface area contributed by atoms with Crippen molar-refractivity contribution in [2.75, 3.05) is 4.90 Å². The highest BCUT2D eigenvalue weighted by molar-refractivity contribution is 6.52. The Morgan fingerprint density at radius 2 is 1.90 bits per heavy atom. The number of ketones is 1. The van der Waals surface area contributed by atoms with Gasteiger partial charge in [0.25, 0.3) is 11.7 Å². The Kier molecular flexibility index (Phi) is 2.94. The van der Waals surface area contributed by atoms with E-state index in [1.807, 2.05) is 0 Å². The maximum atomic E-state index is 13.5. The molecular weight excluding hydrogens is 285 g/mol. The summed E-state index contributed by atoms with van der Waals surface area (Å²) in [7, 11) is 0. The first-order chi connectivity index (χ1) is 9.58. The van der Waals surface area contributed by atoms with Gasteiger partial charge in [0.2, 0.25) is 0 Å². The second kappa shape index (κ2) is 4.64. The number of Topliss-reactive ketones (excluding diaryl/α,β-unsaturated/α-hetero) is 1. The number of halogens is 2. The molecule has 0 N–H and O–H groups in total. The van der Waals surface area contributed by atoms with Gasteiger partial charge in [0.1, 0.15) is 11.6 Å². The molecule has 1 aromatic heterocycles. The van der Waals surface area contributed by atoms with E-state index < -0.39 is 17.5 Å². The molecule has 0 aliphatic carbocycles. The topological polar surface area (TPSA) is 63.2 Å². The summed E-state index contributed by atoms with van der Waals surface area (Å²) >= 11 is 5.63. The van der Waals surface area contributed by atoms with Crippen LogP contribution in [-0.4, -0.2) is 21.7 Å². The van der Waals surface area contributed by atoms with Crippen LogP contribution in [0.4, 0.5) is 10.1 Å². The number of nitrogens with zero attached hydrogens (tertiary/aromatic N) is 3. The van der Waals surface area contributed by atoms with Crippen LogP contribution in [0.25, 0.3) is 0 Å². The third-order valence-corrected chi connectivity index (χ3v) is 3.22. The van der Waals surface area contributed by atoms with Gasteiger partial charge in [-0.1, -0.05) is 11.6 Å². The van der Waals surface area contributed by atoms with Gasteiger partial charge in [-0.3, -0.25) is 14.5 Å². The molecule has 1 aromatic carbocycles. The van der Waals surface area contributed by atoms with Crippen molar-refractivity contribution in [1.29, 1.82) is 0 Å². The summed E-state index contributed by atoms with van der Waals surface area (Å²) in [4.78, 5) is 32.9. The van der Waals surface area contributed by atoms with Crippen molar-refractivity contribution in [2.24, 2.45) is 0 Å². The van der Waals surface area contributed by atoms with Crippen LogP contribution in [-0.2, 0) is 11.3 Å². The molecule has 0 fully saturated rings.